The van der Waals surface area contributed by atoms with Crippen LogP contribution < -0.4 is 0 Å². The maximum Gasteiger partial charge on any atom is 0.137 e. The van der Waals surface area contributed by atoms with Crippen molar-refractivity contribution in [2.45, 2.75) is 38.7 Å². The molecule has 1 fully saturated rings. The molecule has 0 aromatic carbocycles. The Morgan fingerprint density at radius 3 is 3.06 bits per heavy atom. The van der Waals surface area contributed by atoms with Gasteiger partial charge in [-0.05, 0) is 36.8 Å². The summed E-state index contributed by atoms with van der Waals surface area (Å²) in [6, 6.07) is 5.93. The molecule has 3 rings (SSSR count). The van der Waals surface area contributed by atoms with E-state index in [4.69, 9.17) is 0 Å². The second-order valence-corrected chi connectivity index (χ2v) is 5.61. The molecule has 0 bridgehead atoms. The minimum Gasteiger partial charge on any atom is -0.386 e. The summed E-state index contributed by atoms with van der Waals surface area (Å²) in [4.78, 5) is 4.53. The van der Waals surface area contributed by atoms with Gasteiger partial charge in [-0.2, -0.15) is 0 Å². The van der Waals surface area contributed by atoms with E-state index in [1.54, 1.807) is 0 Å². The van der Waals surface area contributed by atoms with E-state index in [0.29, 0.717) is 5.92 Å². The van der Waals surface area contributed by atoms with Gasteiger partial charge in [0, 0.05) is 12.4 Å². The van der Waals surface area contributed by atoms with Gasteiger partial charge in [-0.3, -0.25) is 0 Å². The second-order valence-electron chi connectivity index (χ2n) is 5.61. The topological polar surface area (TPSA) is 37.5 Å². The number of hydrogen-bond donors (Lipinski definition) is 1. The Morgan fingerprint density at radius 1 is 1.39 bits per heavy atom. The monoisotopic (exact) mass is 244 g/mol. The van der Waals surface area contributed by atoms with E-state index < -0.39 is 6.10 Å². The lowest BCUT2D eigenvalue weighted by Crippen LogP contribution is -2.20. The predicted octanol–water partition coefficient (Wildman–Crippen LogP) is 3.19. The molecule has 0 saturated heterocycles. The van der Waals surface area contributed by atoms with Crippen LogP contribution in [0, 0.1) is 11.8 Å². The highest BCUT2D eigenvalue weighted by Crippen LogP contribution is 2.36. The van der Waals surface area contributed by atoms with E-state index in [2.05, 4.69) is 11.9 Å². The lowest BCUT2D eigenvalue weighted by Gasteiger charge is -2.29. The van der Waals surface area contributed by atoms with Crippen molar-refractivity contribution in [1.82, 2.24) is 9.38 Å². The molecule has 2 aromatic rings. The number of aliphatic hydroxyl groups is 1. The smallest absolute Gasteiger partial charge is 0.137 e. The van der Waals surface area contributed by atoms with Crippen molar-refractivity contribution >= 4 is 5.65 Å². The van der Waals surface area contributed by atoms with Crippen LogP contribution in [0.5, 0.6) is 0 Å². The molecule has 0 spiro atoms. The maximum atomic E-state index is 10.5. The van der Waals surface area contributed by atoms with Gasteiger partial charge in [-0.1, -0.05) is 25.8 Å². The second kappa shape index (κ2) is 4.73. The van der Waals surface area contributed by atoms with Crippen LogP contribution >= 0.6 is 0 Å². The molecule has 3 nitrogen and oxygen atoms in total. The Balaban J connectivity index is 1.84. The average molecular weight is 244 g/mol. The summed E-state index contributed by atoms with van der Waals surface area (Å²) in [6.45, 7) is 2.28. The normalized spacial score (nSPS) is 26.3. The molecule has 3 heteroatoms. The summed E-state index contributed by atoms with van der Waals surface area (Å²) in [6.07, 6.45) is 8.30. The molecule has 1 aliphatic rings. The molecule has 3 unspecified atom stereocenters. The maximum absolute atomic E-state index is 10.5. The van der Waals surface area contributed by atoms with Crippen LogP contribution in [0.15, 0.2) is 30.6 Å². The molecule has 1 aliphatic carbocycles. The summed E-state index contributed by atoms with van der Waals surface area (Å²) in [5, 5.41) is 10.5. The number of aromatic nitrogens is 2. The molecule has 0 amide bonds. The Kier molecular flexibility index (Phi) is 3.08. The fourth-order valence-corrected chi connectivity index (χ4v) is 3.11. The Bertz CT molecular complexity index is 501. The number of hydrogen-bond acceptors (Lipinski definition) is 2. The molecule has 2 aromatic heterocycles. The van der Waals surface area contributed by atoms with Crippen molar-refractivity contribution in [3.8, 4) is 0 Å². The van der Waals surface area contributed by atoms with E-state index in [0.717, 1.165) is 30.1 Å². The summed E-state index contributed by atoms with van der Waals surface area (Å²) >= 11 is 0. The molecule has 96 valence electrons. The number of nitrogens with zero attached hydrogens (tertiary/aromatic N) is 2. The number of imidazole rings is 1. The van der Waals surface area contributed by atoms with Crippen molar-refractivity contribution in [3.05, 3.63) is 36.3 Å². The zero-order valence-electron chi connectivity index (χ0n) is 10.8. The van der Waals surface area contributed by atoms with Crippen LogP contribution in [0.4, 0.5) is 0 Å². The standard InChI is InChI=1S/C15H20N2O/c1-11-5-4-6-12(9-11)15(18)13-10-17-8-3-2-7-14(17)16-13/h2-3,7-8,10-12,15,18H,4-6,9H2,1H3. The highest BCUT2D eigenvalue weighted by molar-refractivity contribution is 5.39. The molecule has 18 heavy (non-hydrogen) atoms. The first-order valence-corrected chi connectivity index (χ1v) is 6.86. The van der Waals surface area contributed by atoms with E-state index in [1.807, 2.05) is 35.0 Å². The molecule has 1 saturated carbocycles. The van der Waals surface area contributed by atoms with Crippen LogP contribution in [0.1, 0.15) is 44.4 Å². The van der Waals surface area contributed by atoms with E-state index >= 15 is 0 Å². The minimum atomic E-state index is -0.410. The highest BCUT2D eigenvalue weighted by Gasteiger charge is 2.27. The first kappa shape index (κ1) is 11.7. The summed E-state index contributed by atoms with van der Waals surface area (Å²) in [7, 11) is 0. The number of fused-ring (bicyclic) bond motifs is 1. The first-order valence-electron chi connectivity index (χ1n) is 6.86. The van der Waals surface area contributed by atoms with E-state index in [9.17, 15) is 5.11 Å². The largest absolute Gasteiger partial charge is 0.386 e. The third-order valence-electron chi connectivity index (χ3n) is 4.11. The fourth-order valence-electron chi connectivity index (χ4n) is 3.11. The molecule has 3 atom stereocenters. The van der Waals surface area contributed by atoms with Gasteiger partial charge in [0.2, 0.25) is 0 Å². The molecule has 2 heterocycles. The molecule has 1 N–H and O–H groups in total. The van der Waals surface area contributed by atoms with Crippen molar-refractivity contribution in [3.63, 3.8) is 0 Å². The van der Waals surface area contributed by atoms with E-state index in [-0.39, 0.29) is 0 Å². The van der Waals surface area contributed by atoms with Crippen LogP contribution in [0.25, 0.3) is 5.65 Å². The number of rotatable bonds is 2. The predicted molar refractivity (Wildman–Crippen MR) is 71.3 cm³/mol. The highest BCUT2D eigenvalue weighted by atomic mass is 16.3. The zero-order valence-corrected chi connectivity index (χ0v) is 10.8. The lowest BCUT2D eigenvalue weighted by molar-refractivity contribution is 0.0684. The Hall–Kier alpha value is -1.35. The van der Waals surface area contributed by atoms with E-state index in [1.165, 1.54) is 12.8 Å². The van der Waals surface area contributed by atoms with Crippen molar-refractivity contribution in [2.24, 2.45) is 11.8 Å². The number of aliphatic hydroxyl groups excluding tert-OH is 1. The molecule has 0 radical (unpaired) electrons. The average Bonchev–Trinajstić information content (AvgIpc) is 2.81. The minimum absolute atomic E-state index is 0.374. The van der Waals surface area contributed by atoms with Crippen LogP contribution in [-0.2, 0) is 0 Å². The van der Waals surface area contributed by atoms with Gasteiger partial charge in [-0.25, -0.2) is 4.98 Å². The summed E-state index contributed by atoms with van der Waals surface area (Å²) in [5.41, 5.74) is 1.73. The van der Waals surface area contributed by atoms with Gasteiger partial charge in [0.15, 0.2) is 0 Å². The van der Waals surface area contributed by atoms with Crippen molar-refractivity contribution < 1.29 is 5.11 Å². The summed E-state index contributed by atoms with van der Waals surface area (Å²) in [5.74, 6) is 1.11. The van der Waals surface area contributed by atoms with Crippen LogP contribution in [0.2, 0.25) is 0 Å². The zero-order chi connectivity index (χ0) is 12.5. The van der Waals surface area contributed by atoms with Crippen molar-refractivity contribution in [1.29, 1.82) is 0 Å². The van der Waals surface area contributed by atoms with Gasteiger partial charge in [0.1, 0.15) is 11.8 Å². The summed E-state index contributed by atoms with van der Waals surface area (Å²) < 4.78 is 1.98. The SMILES string of the molecule is CC1CCCC(C(O)c2cn3ccccc3n2)C1. The van der Waals surface area contributed by atoms with Crippen LogP contribution in [-0.4, -0.2) is 14.5 Å². The molecular formula is C15H20N2O. The fraction of sp³-hybridized carbons (Fsp3) is 0.533. The lowest BCUT2D eigenvalue weighted by atomic mass is 9.79. The third kappa shape index (κ3) is 2.15. The molecule has 0 aliphatic heterocycles. The van der Waals surface area contributed by atoms with Gasteiger partial charge >= 0.3 is 0 Å². The van der Waals surface area contributed by atoms with Crippen molar-refractivity contribution in [2.75, 3.05) is 0 Å². The van der Waals surface area contributed by atoms with Gasteiger partial charge < -0.3 is 9.51 Å². The number of pyridine rings is 1. The van der Waals surface area contributed by atoms with Gasteiger partial charge in [0.25, 0.3) is 0 Å². The van der Waals surface area contributed by atoms with Gasteiger partial charge in [0.05, 0.1) is 5.69 Å². The Labute approximate surface area is 107 Å². The van der Waals surface area contributed by atoms with Crippen LogP contribution in [0.3, 0.4) is 0 Å². The molecular weight excluding hydrogens is 224 g/mol. The first-order chi connectivity index (χ1) is 8.74. The Morgan fingerprint density at radius 2 is 2.28 bits per heavy atom. The third-order valence-corrected chi connectivity index (χ3v) is 4.11. The quantitative estimate of drug-likeness (QED) is 0.881. The van der Waals surface area contributed by atoms with Gasteiger partial charge in [-0.15, -0.1) is 0 Å².